The second-order valence-electron chi connectivity index (χ2n) is 8.02. The zero-order valence-electron chi connectivity index (χ0n) is 18.7. The highest BCUT2D eigenvalue weighted by atomic mass is 16.5. The number of carboxylic acids is 1. The van der Waals surface area contributed by atoms with Crippen LogP contribution in [0.1, 0.15) is 50.2 Å². The van der Waals surface area contributed by atoms with Crippen LogP contribution in [-0.2, 0) is 14.3 Å². The molecule has 2 aromatic carbocycles. The summed E-state index contributed by atoms with van der Waals surface area (Å²) >= 11 is 0. The molecule has 2 aromatic rings. The first-order chi connectivity index (χ1) is 15.4. The maximum Gasteiger partial charge on any atom is 0.407 e. The van der Waals surface area contributed by atoms with Crippen LogP contribution >= 0.6 is 0 Å². The third kappa shape index (κ3) is 4.77. The largest absolute Gasteiger partial charge is 0.480 e. The van der Waals surface area contributed by atoms with E-state index < -0.39 is 30.1 Å². The molecule has 2 N–H and O–H groups in total. The van der Waals surface area contributed by atoms with Crippen molar-refractivity contribution in [1.29, 1.82) is 0 Å². The number of carbonyl (C=O) groups excluding carboxylic acids is 2. The summed E-state index contributed by atoms with van der Waals surface area (Å²) in [6.07, 6.45) is 0.637. The van der Waals surface area contributed by atoms with Crippen molar-refractivity contribution >= 4 is 18.0 Å². The van der Waals surface area contributed by atoms with Crippen molar-refractivity contribution in [3.63, 3.8) is 0 Å². The van der Waals surface area contributed by atoms with Crippen LogP contribution < -0.4 is 5.32 Å². The van der Waals surface area contributed by atoms with Gasteiger partial charge >= 0.3 is 12.1 Å². The maximum atomic E-state index is 12.9. The molecule has 2 atom stereocenters. The molecule has 7 nitrogen and oxygen atoms in total. The monoisotopic (exact) mass is 438 g/mol. The minimum absolute atomic E-state index is 0.0763. The maximum absolute atomic E-state index is 12.9. The summed E-state index contributed by atoms with van der Waals surface area (Å²) < 4.78 is 5.54. The smallest absolute Gasteiger partial charge is 0.407 e. The molecule has 0 saturated heterocycles. The number of aliphatic carboxylic acids is 1. The number of amides is 2. The van der Waals surface area contributed by atoms with Crippen LogP contribution in [0.25, 0.3) is 11.1 Å². The van der Waals surface area contributed by atoms with Crippen molar-refractivity contribution < 1.29 is 24.2 Å². The summed E-state index contributed by atoms with van der Waals surface area (Å²) in [6, 6.07) is 14.3. The van der Waals surface area contributed by atoms with Crippen LogP contribution in [0.3, 0.4) is 0 Å². The van der Waals surface area contributed by atoms with Gasteiger partial charge in [0.05, 0.1) is 0 Å². The van der Waals surface area contributed by atoms with Crippen molar-refractivity contribution in [3.8, 4) is 11.1 Å². The Bertz CT molecular complexity index is 944. The predicted octanol–water partition coefficient (Wildman–Crippen LogP) is 4.02. The molecule has 2 amide bonds. The van der Waals surface area contributed by atoms with Crippen molar-refractivity contribution in [2.45, 2.75) is 51.1 Å². The van der Waals surface area contributed by atoms with Gasteiger partial charge in [-0.15, -0.1) is 0 Å². The molecule has 0 fully saturated rings. The normalized spacial score (nSPS) is 14.1. The summed E-state index contributed by atoms with van der Waals surface area (Å²) in [4.78, 5) is 38.1. The first kappa shape index (κ1) is 23.3. The number of nitrogens with zero attached hydrogens (tertiary/aromatic N) is 1. The summed E-state index contributed by atoms with van der Waals surface area (Å²) in [5.74, 6) is -1.58. The van der Waals surface area contributed by atoms with E-state index in [4.69, 9.17) is 4.74 Å². The Hall–Kier alpha value is -3.35. The number of likely N-dealkylation sites (N-methyl/N-ethyl adjacent to an activating group) is 1. The fourth-order valence-corrected chi connectivity index (χ4v) is 4.34. The van der Waals surface area contributed by atoms with Gasteiger partial charge in [-0.2, -0.15) is 0 Å². The van der Waals surface area contributed by atoms with E-state index in [1.165, 1.54) is 11.9 Å². The van der Waals surface area contributed by atoms with E-state index in [0.29, 0.717) is 12.8 Å². The lowest BCUT2D eigenvalue weighted by Crippen LogP contribution is -2.52. The first-order valence-electron chi connectivity index (χ1n) is 11.0. The third-order valence-electron chi connectivity index (χ3n) is 6.00. The Balaban J connectivity index is 1.68. The minimum atomic E-state index is -1.07. The van der Waals surface area contributed by atoms with Gasteiger partial charge in [0.1, 0.15) is 18.7 Å². The van der Waals surface area contributed by atoms with Crippen molar-refractivity contribution in [2.75, 3.05) is 13.7 Å². The van der Waals surface area contributed by atoms with Gasteiger partial charge < -0.3 is 20.1 Å². The van der Waals surface area contributed by atoms with Crippen LogP contribution in [0.4, 0.5) is 4.79 Å². The van der Waals surface area contributed by atoms with Crippen LogP contribution in [0.2, 0.25) is 0 Å². The molecule has 0 spiro atoms. The average molecular weight is 439 g/mol. The van der Waals surface area contributed by atoms with Gasteiger partial charge in [0.25, 0.3) is 0 Å². The molecule has 1 aliphatic carbocycles. The number of hydrogen-bond acceptors (Lipinski definition) is 4. The summed E-state index contributed by atoms with van der Waals surface area (Å²) in [7, 11) is 1.45. The third-order valence-corrected chi connectivity index (χ3v) is 6.00. The number of carbonyl (C=O) groups is 3. The number of nitrogens with one attached hydrogen (secondary N) is 1. The molecule has 0 bridgehead atoms. The Morgan fingerprint density at radius 1 is 1.03 bits per heavy atom. The van der Waals surface area contributed by atoms with Gasteiger partial charge in [-0.05, 0) is 35.1 Å². The Kier molecular flexibility index (Phi) is 7.51. The highest BCUT2D eigenvalue weighted by Crippen LogP contribution is 2.44. The molecule has 0 radical (unpaired) electrons. The van der Waals surface area contributed by atoms with Gasteiger partial charge in [-0.1, -0.05) is 68.8 Å². The lowest BCUT2D eigenvalue weighted by Gasteiger charge is -2.28. The molecule has 0 aromatic heterocycles. The number of ether oxygens (including phenoxy) is 1. The number of alkyl carbamates (subject to hydrolysis) is 1. The van der Waals surface area contributed by atoms with Crippen molar-refractivity contribution in [2.24, 2.45) is 0 Å². The Morgan fingerprint density at radius 3 is 2.09 bits per heavy atom. The molecular formula is C25H30N2O5. The van der Waals surface area contributed by atoms with Crippen molar-refractivity contribution in [3.05, 3.63) is 59.7 Å². The zero-order valence-corrected chi connectivity index (χ0v) is 18.7. The molecule has 7 heteroatoms. The Labute approximate surface area is 188 Å². The number of benzene rings is 2. The van der Waals surface area contributed by atoms with E-state index in [1.54, 1.807) is 6.92 Å². The highest BCUT2D eigenvalue weighted by Gasteiger charge is 2.32. The number of carboxylic acid groups (broad SMARTS) is 1. The Morgan fingerprint density at radius 2 is 1.59 bits per heavy atom. The van der Waals surface area contributed by atoms with Gasteiger partial charge in [0, 0.05) is 13.0 Å². The van der Waals surface area contributed by atoms with Gasteiger partial charge in [0.15, 0.2) is 0 Å². The summed E-state index contributed by atoms with van der Waals surface area (Å²) in [5.41, 5.74) is 4.48. The molecule has 1 aliphatic rings. The van der Waals surface area contributed by atoms with Crippen LogP contribution in [0.5, 0.6) is 0 Å². The lowest BCUT2D eigenvalue weighted by atomic mass is 9.98. The quantitative estimate of drug-likeness (QED) is 0.617. The fraction of sp³-hybridized carbons (Fsp3) is 0.400. The average Bonchev–Trinajstić information content (AvgIpc) is 3.11. The van der Waals surface area contributed by atoms with E-state index in [0.717, 1.165) is 22.3 Å². The molecule has 32 heavy (non-hydrogen) atoms. The van der Waals surface area contributed by atoms with E-state index >= 15 is 0 Å². The fourth-order valence-electron chi connectivity index (χ4n) is 4.34. The van der Waals surface area contributed by atoms with Crippen LogP contribution in [-0.4, -0.2) is 53.7 Å². The van der Waals surface area contributed by atoms with Gasteiger partial charge in [-0.3, -0.25) is 4.79 Å². The lowest BCUT2D eigenvalue weighted by molar-refractivity contribution is -0.150. The molecule has 0 saturated carbocycles. The zero-order chi connectivity index (χ0) is 23.3. The van der Waals surface area contributed by atoms with Crippen molar-refractivity contribution in [1.82, 2.24) is 10.2 Å². The predicted molar refractivity (Wildman–Crippen MR) is 121 cm³/mol. The number of hydrogen-bond donors (Lipinski definition) is 2. The molecule has 170 valence electrons. The molecule has 3 rings (SSSR count). The van der Waals surface area contributed by atoms with Crippen LogP contribution in [0.15, 0.2) is 48.5 Å². The molecule has 0 aliphatic heterocycles. The van der Waals surface area contributed by atoms with Crippen LogP contribution in [0, 0.1) is 0 Å². The van der Waals surface area contributed by atoms with E-state index in [1.807, 2.05) is 43.3 Å². The summed E-state index contributed by atoms with van der Waals surface area (Å²) in [6.45, 7) is 3.75. The van der Waals surface area contributed by atoms with Gasteiger partial charge in [-0.25, -0.2) is 9.59 Å². The number of fused-ring (bicyclic) bond motifs is 3. The topological polar surface area (TPSA) is 95.9 Å². The first-order valence-corrected chi connectivity index (χ1v) is 11.0. The SMILES string of the molecule is CCCC(NC(=O)OCC1c2ccccc2-c2ccccc21)C(=O)N(C)C(CC)C(=O)O. The summed E-state index contributed by atoms with van der Waals surface area (Å²) in [5, 5.41) is 12.0. The second kappa shape index (κ2) is 10.3. The molecule has 2 unspecified atom stereocenters. The standard InChI is InChI=1S/C25H30N2O5/c1-4-10-21(23(28)27(3)22(5-2)24(29)30)26-25(31)32-15-20-18-13-8-6-11-16(18)17-12-7-9-14-19(17)20/h6-9,11-14,20-22H,4-5,10,15H2,1-3H3,(H,26,31)(H,29,30). The van der Waals surface area contributed by atoms with E-state index in [-0.39, 0.29) is 18.9 Å². The highest BCUT2D eigenvalue weighted by molar-refractivity contribution is 5.89. The molecular weight excluding hydrogens is 408 g/mol. The number of rotatable bonds is 9. The van der Waals surface area contributed by atoms with Gasteiger partial charge in [0.2, 0.25) is 5.91 Å². The van der Waals surface area contributed by atoms with E-state index in [9.17, 15) is 19.5 Å². The van der Waals surface area contributed by atoms with E-state index in [2.05, 4.69) is 17.4 Å². The second-order valence-corrected chi connectivity index (χ2v) is 8.02. The minimum Gasteiger partial charge on any atom is -0.480 e. The molecule has 0 heterocycles.